The summed E-state index contributed by atoms with van der Waals surface area (Å²) >= 11 is 0. The first-order chi connectivity index (χ1) is 21.8. The van der Waals surface area contributed by atoms with Crippen LogP contribution in [0.15, 0.2) is 0 Å². The fraction of sp³-hybridized carbons (Fsp3) is 0.977. The molecule has 0 rings (SSSR count). The number of ketones is 1. The highest BCUT2D eigenvalue weighted by Gasteiger charge is 2.02. The molecular formula is C43H86O. The van der Waals surface area contributed by atoms with E-state index in [1.807, 2.05) is 0 Å². The number of carbonyl (C=O) groups excluding carboxylic acids is 1. The number of unbranched alkanes of at least 4 members (excludes halogenated alkanes) is 36. The lowest BCUT2D eigenvalue weighted by Gasteiger charge is -2.05. The van der Waals surface area contributed by atoms with E-state index in [4.69, 9.17) is 0 Å². The summed E-state index contributed by atoms with van der Waals surface area (Å²) in [5.74, 6) is 0.531. The number of carbonyl (C=O) groups is 1. The molecule has 0 saturated heterocycles. The average molecular weight is 619 g/mol. The molecule has 0 aromatic carbocycles. The first-order valence-electron chi connectivity index (χ1n) is 21.3. The van der Waals surface area contributed by atoms with E-state index < -0.39 is 0 Å². The normalized spacial score (nSPS) is 11.5. The van der Waals surface area contributed by atoms with Gasteiger partial charge >= 0.3 is 0 Å². The van der Waals surface area contributed by atoms with Crippen LogP contribution < -0.4 is 0 Å². The van der Waals surface area contributed by atoms with Crippen LogP contribution in [-0.4, -0.2) is 5.78 Å². The van der Waals surface area contributed by atoms with Crippen molar-refractivity contribution in [1.29, 1.82) is 0 Å². The second kappa shape index (κ2) is 40.7. The first kappa shape index (κ1) is 43.7. The van der Waals surface area contributed by atoms with Gasteiger partial charge in [-0.25, -0.2) is 0 Å². The summed E-state index contributed by atoms with van der Waals surface area (Å²) in [6.07, 6.45) is 55.3. The molecule has 0 atom stereocenters. The summed E-state index contributed by atoms with van der Waals surface area (Å²) in [7, 11) is 0. The monoisotopic (exact) mass is 619 g/mol. The molecule has 264 valence electrons. The van der Waals surface area contributed by atoms with Crippen LogP contribution in [0.5, 0.6) is 0 Å². The third kappa shape index (κ3) is 39.7. The lowest BCUT2D eigenvalue weighted by Crippen LogP contribution is -1.97. The number of hydrogen-bond acceptors (Lipinski definition) is 1. The molecule has 0 fully saturated rings. The maximum Gasteiger partial charge on any atom is 0.132 e. The predicted octanol–water partition coefficient (Wildman–Crippen LogP) is 16.2. The standard InChI is InChI=1S/C43H86O/c1-3-5-7-9-11-13-15-17-19-21-23-25-27-29-31-33-35-37-39-41-43(44)42-40-38-36-34-32-30-28-26-24-22-20-18-16-14-12-10-8-6-4-2/h3-42H2,1-2H3. The molecule has 0 saturated carbocycles. The molecule has 1 heteroatoms. The summed E-state index contributed by atoms with van der Waals surface area (Å²) in [4.78, 5) is 12.2. The SMILES string of the molecule is CCCCCCCCCCCCCCCCCCCCCC(=O)CCCCCCCCCCCCCCCCCCCCC. The number of rotatable bonds is 40. The van der Waals surface area contributed by atoms with Crippen molar-refractivity contribution < 1.29 is 4.79 Å². The van der Waals surface area contributed by atoms with Gasteiger partial charge < -0.3 is 0 Å². The summed E-state index contributed by atoms with van der Waals surface area (Å²) in [6.45, 7) is 4.60. The molecule has 44 heavy (non-hydrogen) atoms. The molecule has 0 aromatic rings. The fourth-order valence-electron chi connectivity index (χ4n) is 6.93. The Balaban J connectivity index is 3.14. The van der Waals surface area contributed by atoms with Crippen molar-refractivity contribution in [3.8, 4) is 0 Å². The minimum absolute atomic E-state index is 0.531. The van der Waals surface area contributed by atoms with Crippen molar-refractivity contribution in [1.82, 2.24) is 0 Å². The van der Waals surface area contributed by atoms with E-state index in [0.717, 1.165) is 25.7 Å². The molecule has 0 amide bonds. The van der Waals surface area contributed by atoms with Crippen LogP contribution in [0.25, 0.3) is 0 Å². The number of Topliss-reactive ketones (excluding diaryl/α,β-unsaturated/α-hetero) is 1. The van der Waals surface area contributed by atoms with Gasteiger partial charge in [0.2, 0.25) is 0 Å². The van der Waals surface area contributed by atoms with Crippen molar-refractivity contribution in [2.45, 2.75) is 271 Å². The van der Waals surface area contributed by atoms with E-state index in [1.54, 1.807) is 0 Å². The maximum absolute atomic E-state index is 12.2. The van der Waals surface area contributed by atoms with Crippen molar-refractivity contribution in [2.24, 2.45) is 0 Å². The van der Waals surface area contributed by atoms with E-state index >= 15 is 0 Å². The fourth-order valence-corrected chi connectivity index (χ4v) is 6.93. The lowest BCUT2D eigenvalue weighted by atomic mass is 10.0. The minimum atomic E-state index is 0.531. The predicted molar refractivity (Wildman–Crippen MR) is 201 cm³/mol. The summed E-state index contributed by atoms with van der Waals surface area (Å²) in [6, 6.07) is 0. The van der Waals surface area contributed by atoms with Crippen LogP contribution in [0.2, 0.25) is 0 Å². The Morgan fingerprint density at radius 3 is 0.523 bits per heavy atom. The highest BCUT2D eigenvalue weighted by molar-refractivity contribution is 5.78. The molecule has 1 nitrogen and oxygen atoms in total. The first-order valence-corrected chi connectivity index (χ1v) is 21.3. The van der Waals surface area contributed by atoms with Crippen LogP contribution in [0.4, 0.5) is 0 Å². The quantitative estimate of drug-likeness (QED) is 0.0624. The average Bonchev–Trinajstić information content (AvgIpc) is 3.03. The Kier molecular flexibility index (Phi) is 40.4. The zero-order chi connectivity index (χ0) is 31.9. The van der Waals surface area contributed by atoms with Crippen LogP contribution in [0.3, 0.4) is 0 Å². The van der Waals surface area contributed by atoms with Crippen molar-refractivity contribution in [3.63, 3.8) is 0 Å². The second-order valence-electron chi connectivity index (χ2n) is 14.8. The highest BCUT2D eigenvalue weighted by atomic mass is 16.1. The zero-order valence-electron chi connectivity index (χ0n) is 31.2. The van der Waals surface area contributed by atoms with Gasteiger partial charge in [0, 0.05) is 12.8 Å². The molecule has 0 aliphatic heterocycles. The summed E-state index contributed by atoms with van der Waals surface area (Å²) < 4.78 is 0. The molecular weight excluding hydrogens is 532 g/mol. The van der Waals surface area contributed by atoms with Gasteiger partial charge in [0.25, 0.3) is 0 Å². The van der Waals surface area contributed by atoms with Gasteiger partial charge in [0.1, 0.15) is 5.78 Å². The molecule has 0 spiro atoms. The van der Waals surface area contributed by atoms with E-state index in [9.17, 15) is 4.79 Å². The molecule has 0 aliphatic carbocycles. The molecule has 0 heterocycles. The molecule has 0 aliphatic rings. The third-order valence-electron chi connectivity index (χ3n) is 10.1. The van der Waals surface area contributed by atoms with Gasteiger partial charge in [-0.05, 0) is 12.8 Å². The van der Waals surface area contributed by atoms with E-state index in [-0.39, 0.29) is 0 Å². The molecule has 0 unspecified atom stereocenters. The van der Waals surface area contributed by atoms with Gasteiger partial charge in [0.05, 0.1) is 0 Å². The van der Waals surface area contributed by atoms with Crippen LogP contribution in [-0.2, 0) is 4.79 Å². The topological polar surface area (TPSA) is 17.1 Å². The van der Waals surface area contributed by atoms with Crippen LogP contribution in [0, 0.1) is 0 Å². The Labute approximate surface area is 280 Å². The smallest absolute Gasteiger partial charge is 0.132 e. The van der Waals surface area contributed by atoms with E-state index in [1.165, 1.54) is 231 Å². The Morgan fingerprint density at radius 1 is 0.227 bits per heavy atom. The molecule has 0 aromatic heterocycles. The van der Waals surface area contributed by atoms with Gasteiger partial charge in [-0.1, -0.05) is 245 Å². The molecule has 0 radical (unpaired) electrons. The Hall–Kier alpha value is -0.330. The Bertz CT molecular complexity index is 467. The van der Waals surface area contributed by atoms with Crippen molar-refractivity contribution in [2.75, 3.05) is 0 Å². The van der Waals surface area contributed by atoms with Crippen molar-refractivity contribution in [3.05, 3.63) is 0 Å². The zero-order valence-corrected chi connectivity index (χ0v) is 31.2. The largest absolute Gasteiger partial charge is 0.300 e. The van der Waals surface area contributed by atoms with Crippen LogP contribution >= 0.6 is 0 Å². The maximum atomic E-state index is 12.2. The molecule has 0 N–H and O–H groups in total. The van der Waals surface area contributed by atoms with E-state index in [2.05, 4.69) is 13.8 Å². The lowest BCUT2D eigenvalue weighted by molar-refractivity contribution is -0.119. The highest BCUT2D eigenvalue weighted by Crippen LogP contribution is 2.17. The Morgan fingerprint density at radius 2 is 0.364 bits per heavy atom. The molecule has 0 bridgehead atoms. The van der Waals surface area contributed by atoms with Gasteiger partial charge in [0.15, 0.2) is 0 Å². The van der Waals surface area contributed by atoms with E-state index in [0.29, 0.717) is 5.78 Å². The van der Waals surface area contributed by atoms with Gasteiger partial charge in [-0.3, -0.25) is 4.79 Å². The van der Waals surface area contributed by atoms with Crippen molar-refractivity contribution >= 4 is 5.78 Å². The third-order valence-corrected chi connectivity index (χ3v) is 10.1. The number of hydrogen-bond donors (Lipinski definition) is 0. The summed E-state index contributed by atoms with van der Waals surface area (Å²) in [5, 5.41) is 0. The van der Waals surface area contributed by atoms with Gasteiger partial charge in [-0.2, -0.15) is 0 Å². The summed E-state index contributed by atoms with van der Waals surface area (Å²) in [5.41, 5.74) is 0. The van der Waals surface area contributed by atoms with Gasteiger partial charge in [-0.15, -0.1) is 0 Å². The second-order valence-corrected chi connectivity index (χ2v) is 14.8. The minimum Gasteiger partial charge on any atom is -0.300 e. The van der Waals surface area contributed by atoms with Crippen LogP contribution in [0.1, 0.15) is 271 Å².